The first-order valence-electron chi connectivity index (χ1n) is 9.52. The molecule has 0 radical (unpaired) electrons. The molecule has 3 aromatic rings. The molecule has 0 fully saturated rings. The average molecular weight is 394 g/mol. The van der Waals surface area contributed by atoms with Crippen molar-refractivity contribution in [1.82, 2.24) is 4.98 Å². The second-order valence-corrected chi connectivity index (χ2v) is 7.78. The number of primary amides is 1. The molecule has 2 heterocycles. The van der Waals surface area contributed by atoms with Crippen LogP contribution in [0.1, 0.15) is 47.3 Å². The number of thiophene rings is 1. The summed E-state index contributed by atoms with van der Waals surface area (Å²) in [6.45, 7) is 3.20. The molecule has 0 bridgehead atoms. The number of carbonyl (C=O) groups is 1. The molecule has 2 aromatic heterocycles. The third kappa shape index (κ3) is 3.73. The summed E-state index contributed by atoms with van der Waals surface area (Å²) in [5.74, 6) is 0.717. The lowest BCUT2D eigenvalue weighted by Crippen LogP contribution is -2.30. The Morgan fingerprint density at radius 1 is 1.32 bits per heavy atom. The van der Waals surface area contributed by atoms with E-state index in [-0.39, 0.29) is 0 Å². The van der Waals surface area contributed by atoms with E-state index in [1.54, 1.807) is 23.5 Å². The molecule has 1 atom stereocenters. The van der Waals surface area contributed by atoms with Gasteiger partial charge in [0.05, 0.1) is 16.6 Å². The number of amides is 1. The van der Waals surface area contributed by atoms with Crippen molar-refractivity contribution in [3.63, 3.8) is 0 Å². The SMILES string of the molecule is CCN(c1cccs1)C1CCCc2cc(Oc3ccc(C(N)=O)cn3)ccc21. The van der Waals surface area contributed by atoms with Crippen LogP contribution in [0.25, 0.3) is 0 Å². The molecule has 1 amide bonds. The minimum absolute atomic E-state index is 0.369. The number of pyridine rings is 1. The zero-order valence-corrected chi connectivity index (χ0v) is 16.6. The van der Waals surface area contributed by atoms with Gasteiger partial charge in [-0.3, -0.25) is 4.79 Å². The maximum Gasteiger partial charge on any atom is 0.250 e. The number of aromatic nitrogens is 1. The van der Waals surface area contributed by atoms with Gasteiger partial charge >= 0.3 is 0 Å². The zero-order valence-electron chi connectivity index (χ0n) is 15.8. The second-order valence-electron chi connectivity index (χ2n) is 6.86. The average Bonchev–Trinajstić information content (AvgIpc) is 3.23. The molecule has 144 valence electrons. The Kier molecular flexibility index (Phi) is 5.30. The summed E-state index contributed by atoms with van der Waals surface area (Å²) < 4.78 is 5.90. The van der Waals surface area contributed by atoms with Crippen molar-refractivity contribution in [2.24, 2.45) is 5.73 Å². The van der Waals surface area contributed by atoms with Gasteiger partial charge in [-0.05, 0) is 73.0 Å². The highest BCUT2D eigenvalue weighted by Gasteiger charge is 2.26. The fraction of sp³-hybridized carbons (Fsp3) is 0.273. The number of aryl methyl sites for hydroxylation is 1. The minimum Gasteiger partial charge on any atom is -0.439 e. The summed E-state index contributed by atoms with van der Waals surface area (Å²) in [6, 6.07) is 14.3. The molecular weight excluding hydrogens is 370 g/mol. The molecule has 1 aliphatic rings. The van der Waals surface area contributed by atoms with E-state index in [0.29, 0.717) is 17.5 Å². The third-order valence-corrected chi connectivity index (χ3v) is 6.05. The fourth-order valence-corrected chi connectivity index (χ4v) is 4.67. The van der Waals surface area contributed by atoms with E-state index in [2.05, 4.69) is 46.5 Å². The molecule has 1 unspecified atom stereocenters. The summed E-state index contributed by atoms with van der Waals surface area (Å²) in [7, 11) is 0. The van der Waals surface area contributed by atoms with Gasteiger partial charge in [0.15, 0.2) is 0 Å². The van der Waals surface area contributed by atoms with Crippen LogP contribution in [0.2, 0.25) is 0 Å². The van der Waals surface area contributed by atoms with E-state index in [1.165, 1.54) is 22.3 Å². The maximum atomic E-state index is 11.2. The monoisotopic (exact) mass is 393 g/mol. The largest absolute Gasteiger partial charge is 0.439 e. The van der Waals surface area contributed by atoms with E-state index >= 15 is 0 Å². The number of nitrogens with two attached hydrogens (primary N) is 1. The van der Waals surface area contributed by atoms with E-state index in [9.17, 15) is 4.79 Å². The van der Waals surface area contributed by atoms with Gasteiger partial charge in [0.2, 0.25) is 11.8 Å². The molecule has 0 spiro atoms. The summed E-state index contributed by atoms with van der Waals surface area (Å²) in [5.41, 5.74) is 8.33. The van der Waals surface area contributed by atoms with Gasteiger partial charge in [-0.1, -0.05) is 6.07 Å². The zero-order chi connectivity index (χ0) is 19.5. The van der Waals surface area contributed by atoms with E-state index < -0.39 is 5.91 Å². The number of benzene rings is 1. The Morgan fingerprint density at radius 2 is 2.21 bits per heavy atom. The second kappa shape index (κ2) is 8.02. The predicted molar refractivity (Wildman–Crippen MR) is 112 cm³/mol. The number of hydrogen-bond acceptors (Lipinski definition) is 5. The molecule has 28 heavy (non-hydrogen) atoms. The first kappa shape index (κ1) is 18.5. The van der Waals surface area contributed by atoms with E-state index in [0.717, 1.165) is 31.6 Å². The summed E-state index contributed by atoms with van der Waals surface area (Å²) in [4.78, 5) is 17.8. The first-order chi connectivity index (χ1) is 13.7. The van der Waals surface area contributed by atoms with Crippen LogP contribution >= 0.6 is 11.3 Å². The van der Waals surface area contributed by atoms with Gasteiger partial charge in [-0.2, -0.15) is 0 Å². The van der Waals surface area contributed by atoms with Crippen molar-refractivity contribution >= 4 is 22.2 Å². The van der Waals surface area contributed by atoms with Gasteiger partial charge in [-0.15, -0.1) is 11.3 Å². The van der Waals surface area contributed by atoms with Crippen molar-refractivity contribution in [1.29, 1.82) is 0 Å². The Hall–Kier alpha value is -2.86. The molecule has 0 saturated carbocycles. The molecule has 1 aromatic carbocycles. The van der Waals surface area contributed by atoms with Crippen molar-refractivity contribution in [2.45, 2.75) is 32.2 Å². The molecule has 5 nitrogen and oxygen atoms in total. The van der Waals surface area contributed by atoms with Crippen LogP contribution in [0.15, 0.2) is 54.0 Å². The Bertz CT molecular complexity index is 954. The van der Waals surface area contributed by atoms with Crippen molar-refractivity contribution < 1.29 is 9.53 Å². The number of hydrogen-bond donors (Lipinski definition) is 1. The number of ether oxygens (including phenoxy) is 1. The normalized spacial score (nSPS) is 15.7. The van der Waals surface area contributed by atoms with E-state index in [1.807, 2.05) is 6.07 Å². The Balaban J connectivity index is 1.57. The quantitative estimate of drug-likeness (QED) is 0.644. The molecule has 4 rings (SSSR count). The Labute approximate surface area is 168 Å². The molecule has 6 heteroatoms. The highest BCUT2D eigenvalue weighted by molar-refractivity contribution is 7.14. The highest BCUT2D eigenvalue weighted by Crippen LogP contribution is 2.40. The summed E-state index contributed by atoms with van der Waals surface area (Å²) in [5, 5.41) is 3.45. The third-order valence-electron chi connectivity index (χ3n) is 5.15. The van der Waals surface area contributed by atoms with Crippen LogP contribution in [0.3, 0.4) is 0 Å². The predicted octanol–water partition coefficient (Wildman–Crippen LogP) is 4.94. The fourth-order valence-electron chi connectivity index (χ4n) is 3.82. The Morgan fingerprint density at radius 3 is 2.89 bits per heavy atom. The van der Waals surface area contributed by atoms with Crippen molar-refractivity contribution in [2.75, 3.05) is 11.4 Å². The number of fused-ring (bicyclic) bond motifs is 1. The molecule has 0 aliphatic heterocycles. The smallest absolute Gasteiger partial charge is 0.250 e. The van der Waals surface area contributed by atoms with Crippen molar-refractivity contribution in [3.05, 3.63) is 70.7 Å². The standard InChI is InChI=1S/C22H23N3O2S/c1-2-25(21-7-4-12-28-21)19-6-3-5-15-13-17(9-10-18(15)19)27-20-11-8-16(14-24-20)22(23)26/h4,7-14,19H,2-3,5-6H2,1H3,(H2,23,26). The first-order valence-corrected chi connectivity index (χ1v) is 10.4. The van der Waals surface area contributed by atoms with Gasteiger partial charge in [0, 0.05) is 18.8 Å². The van der Waals surface area contributed by atoms with Gasteiger partial charge in [0.1, 0.15) is 5.75 Å². The van der Waals surface area contributed by atoms with Gasteiger partial charge in [0.25, 0.3) is 0 Å². The molecule has 0 saturated heterocycles. The highest BCUT2D eigenvalue weighted by atomic mass is 32.1. The van der Waals surface area contributed by atoms with Crippen LogP contribution in [0.4, 0.5) is 5.00 Å². The van der Waals surface area contributed by atoms with Crippen LogP contribution < -0.4 is 15.4 Å². The van der Waals surface area contributed by atoms with Crippen LogP contribution in [-0.4, -0.2) is 17.4 Å². The van der Waals surface area contributed by atoms with E-state index in [4.69, 9.17) is 10.5 Å². The molecule has 2 N–H and O–H groups in total. The van der Waals surface area contributed by atoms with Crippen LogP contribution in [0, 0.1) is 0 Å². The molecular formula is C22H23N3O2S. The molecule has 1 aliphatic carbocycles. The minimum atomic E-state index is -0.495. The van der Waals surface area contributed by atoms with Crippen molar-refractivity contribution in [3.8, 4) is 11.6 Å². The van der Waals surface area contributed by atoms with Crippen LogP contribution in [-0.2, 0) is 6.42 Å². The van der Waals surface area contributed by atoms with Gasteiger partial charge < -0.3 is 15.4 Å². The summed E-state index contributed by atoms with van der Waals surface area (Å²) in [6.07, 6.45) is 4.81. The topological polar surface area (TPSA) is 68.5 Å². The number of rotatable bonds is 6. The number of anilines is 1. The lowest BCUT2D eigenvalue weighted by Gasteiger charge is -2.36. The maximum absolute atomic E-state index is 11.2. The lowest BCUT2D eigenvalue weighted by molar-refractivity contribution is 0.1000. The lowest BCUT2D eigenvalue weighted by atomic mass is 9.86. The number of nitrogens with zero attached hydrogens (tertiary/aromatic N) is 2. The van der Waals surface area contributed by atoms with Gasteiger partial charge in [-0.25, -0.2) is 4.98 Å². The van der Waals surface area contributed by atoms with Crippen LogP contribution in [0.5, 0.6) is 11.6 Å². The summed E-state index contributed by atoms with van der Waals surface area (Å²) >= 11 is 1.79. The number of carbonyl (C=O) groups excluding carboxylic acids is 1.